The van der Waals surface area contributed by atoms with E-state index >= 15 is 0 Å². The number of rotatable bonds is 3. The van der Waals surface area contributed by atoms with Gasteiger partial charge in [-0.25, -0.2) is 9.78 Å². The molecule has 40 heavy (non-hydrogen) atoms. The summed E-state index contributed by atoms with van der Waals surface area (Å²) in [5, 5.41) is 7.66. The highest BCUT2D eigenvalue weighted by molar-refractivity contribution is 5.95. The molecule has 1 amide bonds. The molecule has 0 aromatic carbocycles. The SMILES string of the molecule is COO[C@]1(C)c2oncc2C[C@]2(C)C3=CC(=O)[C@@H]4[C@@H]5CC(C)(C)C[C@@H](C(=O)N=[N+]=[N-])C5CC[C@@]4(C)[C@]3(C)CC[C@H]21. The third-order valence-corrected chi connectivity index (χ3v) is 12.5. The first kappa shape index (κ1) is 27.7. The Morgan fingerprint density at radius 1 is 1.12 bits per heavy atom. The molecular weight excluding hydrogens is 508 g/mol. The lowest BCUT2D eigenvalue weighted by molar-refractivity contribution is -0.375. The van der Waals surface area contributed by atoms with Crippen molar-refractivity contribution >= 4 is 11.7 Å². The number of fused-ring (bicyclic) bond motifs is 8. The molecule has 3 fully saturated rings. The van der Waals surface area contributed by atoms with Crippen LogP contribution in [0, 0.1) is 51.2 Å². The van der Waals surface area contributed by atoms with E-state index in [1.807, 2.05) is 13.0 Å². The monoisotopic (exact) mass is 550 g/mol. The molecule has 1 aromatic heterocycles. The van der Waals surface area contributed by atoms with Gasteiger partial charge in [0, 0.05) is 28.2 Å². The Morgan fingerprint density at radius 2 is 1.88 bits per heavy atom. The van der Waals surface area contributed by atoms with Crippen molar-refractivity contribution in [1.82, 2.24) is 5.16 Å². The molecule has 5 aliphatic carbocycles. The highest BCUT2D eigenvalue weighted by Crippen LogP contribution is 2.73. The van der Waals surface area contributed by atoms with Crippen molar-refractivity contribution in [3.05, 3.63) is 39.6 Å². The van der Waals surface area contributed by atoms with Crippen molar-refractivity contribution in [2.45, 2.75) is 92.1 Å². The van der Waals surface area contributed by atoms with Gasteiger partial charge in [0.25, 0.3) is 0 Å². The Kier molecular flexibility index (Phi) is 6.06. The summed E-state index contributed by atoms with van der Waals surface area (Å²) in [5.74, 6) is 0.225. The summed E-state index contributed by atoms with van der Waals surface area (Å²) in [5.41, 5.74) is 9.49. The van der Waals surface area contributed by atoms with Gasteiger partial charge in [-0.3, -0.25) is 9.59 Å². The summed E-state index contributed by atoms with van der Waals surface area (Å²) in [7, 11) is 1.53. The van der Waals surface area contributed by atoms with E-state index in [1.54, 1.807) is 6.20 Å². The van der Waals surface area contributed by atoms with Gasteiger partial charge in [-0.1, -0.05) is 45.3 Å². The molecule has 6 rings (SSSR count). The molecule has 0 N–H and O–H groups in total. The lowest BCUT2D eigenvalue weighted by Crippen LogP contribution is -2.64. The fourth-order valence-electron chi connectivity index (χ4n) is 10.9. The minimum atomic E-state index is -0.823. The molecule has 0 bridgehead atoms. The third kappa shape index (κ3) is 3.47. The number of ketones is 1. The molecule has 0 saturated heterocycles. The highest BCUT2D eigenvalue weighted by Gasteiger charge is 2.69. The quantitative estimate of drug-likeness (QED) is 0.133. The van der Waals surface area contributed by atoms with Crippen molar-refractivity contribution in [1.29, 1.82) is 0 Å². The Balaban J connectivity index is 1.46. The van der Waals surface area contributed by atoms with Crippen molar-refractivity contribution in [2.24, 2.45) is 56.4 Å². The number of allylic oxidation sites excluding steroid dienone is 2. The Hall–Kier alpha value is -2.48. The number of hydrogen-bond acceptors (Lipinski definition) is 6. The number of azide groups is 1. The summed E-state index contributed by atoms with van der Waals surface area (Å²) in [6.07, 6.45) is 9.64. The topological polar surface area (TPSA) is 127 Å². The average molecular weight is 551 g/mol. The van der Waals surface area contributed by atoms with Crippen molar-refractivity contribution in [3.8, 4) is 0 Å². The van der Waals surface area contributed by atoms with Crippen LogP contribution in [-0.4, -0.2) is 24.0 Å². The maximum Gasteiger partial charge on any atom is 0.222 e. The molecule has 3 saturated carbocycles. The lowest BCUT2D eigenvalue weighted by Gasteiger charge is -2.68. The van der Waals surface area contributed by atoms with Crippen LogP contribution in [-0.2, 0) is 31.4 Å². The molecule has 5 aliphatic rings. The predicted molar refractivity (Wildman–Crippen MR) is 146 cm³/mol. The summed E-state index contributed by atoms with van der Waals surface area (Å²) in [6.45, 7) is 13.4. The van der Waals surface area contributed by atoms with Crippen LogP contribution >= 0.6 is 0 Å². The third-order valence-electron chi connectivity index (χ3n) is 12.5. The van der Waals surface area contributed by atoms with Crippen LogP contribution in [0.15, 0.2) is 27.5 Å². The van der Waals surface area contributed by atoms with E-state index in [0.29, 0.717) is 12.2 Å². The predicted octanol–water partition coefficient (Wildman–Crippen LogP) is 6.88. The molecule has 1 unspecified atom stereocenters. The zero-order valence-electron chi connectivity index (χ0n) is 24.8. The largest absolute Gasteiger partial charge is 0.358 e. The van der Waals surface area contributed by atoms with Gasteiger partial charge in [0.2, 0.25) is 5.91 Å². The fourth-order valence-corrected chi connectivity index (χ4v) is 10.9. The second kappa shape index (κ2) is 8.76. The van der Waals surface area contributed by atoms with Crippen molar-refractivity contribution in [3.63, 3.8) is 0 Å². The number of aromatic nitrogens is 1. The van der Waals surface area contributed by atoms with E-state index in [9.17, 15) is 9.59 Å². The lowest BCUT2D eigenvalue weighted by atomic mass is 9.35. The van der Waals surface area contributed by atoms with Crippen molar-refractivity contribution < 1.29 is 23.9 Å². The molecular formula is C31H42N4O5. The number of carbonyl (C=O) groups is 2. The first-order chi connectivity index (χ1) is 18.8. The van der Waals surface area contributed by atoms with E-state index in [4.69, 9.17) is 19.8 Å². The molecule has 9 atom stereocenters. The van der Waals surface area contributed by atoms with Crippen LogP contribution < -0.4 is 0 Å². The summed E-state index contributed by atoms with van der Waals surface area (Å²) < 4.78 is 5.73. The highest BCUT2D eigenvalue weighted by atomic mass is 17.2. The van der Waals surface area contributed by atoms with Crippen LogP contribution in [0.5, 0.6) is 0 Å². The van der Waals surface area contributed by atoms with Crippen LogP contribution in [0.4, 0.5) is 0 Å². The zero-order chi connectivity index (χ0) is 28.9. The number of nitrogens with zero attached hydrogens (tertiary/aromatic N) is 4. The van der Waals surface area contributed by atoms with E-state index in [-0.39, 0.29) is 62.9 Å². The molecule has 9 heteroatoms. The van der Waals surface area contributed by atoms with Gasteiger partial charge >= 0.3 is 0 Å². The summed E-state index contributed by atoms with van der Waals surface area (Å²) in [6, 6.07) is 0. The second-order valence-corrected chi connectivity index (χ2v) is 15.0. The summed E-state index contributed by atoms with van der Waals surface area (Å²) >= 11 is 0. The Labute approximate surface area is 236 Å². The van der Waals surface area contributed by atoms with Gasteiger partial charge in [0.1, 0.15) is 0 Å². The maximum absolute atomic E-state index is 14.5. The van der Waals surface area contributed by atoms with Crippen LogP contribution in [0.25, 0.3) is 10.4 Å². The van der Waals surface area contributed by atoms with E-state index in [1.165, 1.54) is 12.7 Å². The summed E-state index contributed by atoms with van der Waals surface area (Å²) in [4.78, 5) is 41.6. The maximum atomic E-state index is 14.5. The normalized spacial score (nSPS) is 45.0. The Morgan fingerprint density at radius 3 is 2.58 bits per heavy atom. The first-order valence-electron chi connectivity index (χ1n) is 14.8. The molecule has 1 aromatic rings. The molecule has 0 aliphatic heterocycles. The fraction of sp³-hybridized carbons (Fsp3) is 0.774. The van der Waals surface area contributed by atoms with Crippen LogP contribution in [0.2, 0.25) is 0 Å². The number of carbonyl (C=O) groups excluding carboxylic acids is 2. The number of amides is 1. The second-order valence-electron chi connectivity index (χ2n) is 15.0. The Bertz CT molecular complexity index is 1340. The molecule has 1 heterocycles. The van der Waals surface area contributed by atoms with E-state index < -0.39 is 5.60 Å². The van der Waals surface area contributed by atoms with Gasteiger partial charge in [-0.2, -0.15) is 0 Å². The van der Waals surface area contributed by atoms with E-state index in [0.717, 1.165) is 44.1 Å². The molecule has 216 valence electrons. The number of hydrogen-bond donors (Lipinski definition) is 0. The zero-order valence-corrected chi connectivity index (χ0v) is 24.8. The van der Waals surface area contributed by atoms with Gasteiger partial charge in [-0.15, -0.1) is 0 Å². The van der Waals surface area contributed by atoms with Gasteiger partial charge < -0.3 is 4.52 Å². The standard InChI is InChI=1S/C31H42N4O5/c1-27(2)14-19-18(20(15-27)26(37)34-35-32)8-10-30(5)24(19)21(36)12-23-28(3)13-17-16-33-39-25(17)31(6,40-38-7)22(28)9-11-29(23,30)4/h12,16,18-20,22,24H,8-11,13-15H2,1-7H3/t18?,19-,20-,22-,24+,28+,29-,30-,31+/m1/s1. The van der Waals surface area contributed by atoms with Crippen molar-refractivity contribution in [2.75, 3.05) is 7.11 Å². The molecule has 0 radical (unpaired) electrons. The van der Waals surface area contributed by atoms with Crippen LogP contribution in [0.1, 0.15) is 91.4 Å². The smallest absolute Gasteiger partial charge is 0.222 e. The van der Waals surface area contributed by atoms with Crippen LogP contribution in [0.3, 0.4) is 0 Å². The minimum absolute atomic E-state index is 0.0449. The minimum Gasteiger partial charge on any atom is -0.358 e. The van der Waals surface area contributed by atoms with Gasteiger partial charge in [0.15, 0.2) is 17.1 Å². The van der Waals surface area contributed by atoms with Gasteiger partial charge in [-0.05, 0) is 102 Å². The molecule has 9 nitrogen and oxygen atoms in total. The molecule has 0 spiro atoms. The average Bonchev–Trinajstić information content (AvgIpc) is 3.33. The van der Waals surface area contributed by atoms with E-state index in [2.05, 4.69) is 49.8 Å². The first-order valence-corrected chi connectivity index (χ1v) is 14.8. The van der Waals surface area contributed by atoms with Gasteiger partial charge in [0.05, 0.1) is 13.3 Å².